The molecular weight excluding hydrogens is 368 g/mol. The van der Waals surface area contributed by atoms with E-state index < -0.39 is 28.7 Å². The van der Waals surface area contributed by atoms with Gasteiger partial charge in [-0.2, -0.15) is 0 Å². The Morgan fingerprint density at radius 3 is 2.82 bits per heavy atom. The second-order valence-electron chi connectivity index (χ2n) is 7.64. The van der Waals surface area contributed by atoms with E-state index >= 15 is 0 Å². The van der Waals surface area contributed by atoms with Gasteiger partial charge in [0.2, 0.25) is 0 Å². The summed E-state index contributed by atoms with van der Waals surface area (Å²) in [7, 11) is 0. The van der Waals surface area contributed by atoms with Gasteiger partial charge in [-0.05, 0) is 30.2 Å². The summed E-state index contributed by atoms with van der Waals surface area (Å²) in [4.78, 5) is 32.2. The van der Waals surface area contributed by atoms with Crippen molar-refractivity contribution >= 4 is 16.8 Å². The molecule has 2 aliphatic rings. The van der Waals surface area contributed by atoms with Crippen molar-refractivity contribution in [3.63, 3.8) is 0 Å². The number of piperidine rings is 1. The first-order valence-corrected chi connectivity index (χ1v) is 8.93. The number of likely N-dealkylation sites (tertiary alicyclic amines) is 1. The van der Waals surface area contributed by atoms with E-state index in [9.17, 15) is 23.5 Å². The smallest absolute Gasteiger partial charge is 0.265 e. The van der Waals surface area contributed by atoms with Crippen LogP contribution in [0, 0.1) is 12.8 Å². The molecule has 6 nitrogen and oxygen atoms in total. The van der Waals surface area contributed by atoms with E-state index in [-0.39, 0.29) is 29.8 Å². The van der Waals surface area contributed by atoms with E-state index in [2.05, 4.69) is 9.97 Å². The molecule has 2 aromatic heterocycles. The molecule has 28 heavy (non-hydrogen) atoms. The summed E-state index contributed by atoms with van der Waals surface area (Å²) in [5, 5.41) is 9.95. The Kier molecular flexibility index (Phi) is 3.16. The van der Waals surface area contributed by atoms with Crippen LogP contribution in [0.1, 0.15) is 21.5 Å². The Bertz CT molecular complexity index is 1200. The first kappa shape index (κ1) is 17.0. The van der Waals surface area contributed by atoms with Crippen molar-refractivity contribution in [1.82, 2.24) is 14.9 Å². The highest BCUT2D eigenvalue weighted by atomic mass is 19.3. The van der Waals surface area contributed by atoms with Gasteiger partial charge >= 0.3 is 0 Å². The van der Waals surface area contributed by atoms with Crippen molar-refractivity contribution in [2.45, 2.75) is 18.3 Å². The monoisotopic (exact) mass is 385 g/mol. The molecule has 1 saturated carbocycles. The Morgan fingerprint density at radius 1 is 1.29 bits per heavy atom. The average Bonchev–Trinajstić information content (AvgIpc) is 3.10. The molecule has 2 atom stereocenters. The van der Waals surface area contributed by atoms with Crippen LogP contribution in [0.4, 0.5) is 8.78 Å². The third kappa shape index (κ3) is 1.95. The lowest BCUT2D eigenvalue weighted by atomic mass is 9.94. The molecule has 3 aromatic rings. The Labute approximate surface area is 157 Å². The first-order valence-electron chi connectivity index (χ1n) is 8.93. The number of hydrogen-bond donors (Lipinski definition) is 3. The Hall–Kier alpha value is -3.16. The maximum atomic E-state index is 14.6. The molecule has 1 saturated heterocycles. The summed E-state index contributed by atoms with van der Waals surface area (Å²) in [6, 6.07) is 5.84. The van der Waals surface area contributed by atoms with E-state index in [4.69, 9.17) is 0 Å². The summed E-state index contributed by atoms with van der Waals surface area (Å²) >= 11 is 0. The highest BCUT2D eigenvalue weighted by Gasteiger charge is 2.84. The number of phenols is 1. The van der Waals surface area contributed by atoms with E-state index in [1.54, 1.807) is 19.2 Å². The molecule has 1 aliphatic carbocycles. The van der Waals surface area contributed by atoms with Gasteiger partial charge in [0.15, 0.2) is 0 Å². The van der Waals surface area contributed by atoms with Crippen LogP contribution >= 0.6 is 0 Å². The number of fused-ring (bicyclic) bond motifs is 2. The second-order valence-corrected chi connectivity index (χ2v) is 7.64. The van der Waals surface area contributed by atoms with E-state index in [0.29, 0.717) is 11.1 Å². The van der Waals surface area contributed by atoms with Crippen LogP contribution in [-0.2, 0) is 5.41 Å². The van der Waals surface area contributed by atoms with Gasteiger partial charge < -0.3 is 20.0 Å². The molecule has 5 rings (SSSR count). The standard InChI is InChI=1S/C20H17F2N3O3/c1-10-6-24-17(27)15-13(7-23-16(10)15)18(28)25-8-14-19(9-25,20(14,21)22)11-3-2-4-12(26)5-11/h2-7,14,23,26H,8-9H2,1H3,(H,24,27). The number of aromatic hydroxyl groups is 1. The Balaban J connectivity index is 1.53. The zero-order valence-electron chi connectivity index (χ0n) is 14.9. The maximum Gasteiger partial charge on any atom is 0.265 e. The number of hydrogen-bond acceptors (Lipinski definition) is 3. The molecule has 1 amide bonds. The van der Waals surface area contributed by atoms with Crippen molar-refractivity contribution in [2.75, 3.05) is 13.1 Å². The lowest BCUT2D eigenvalue weighted by Gasteiger charge is -2.24. The number of halogens is 2. The number of aromatic nitrogens is 2. The number of carbonyl (C=O) groups is 1. The molecule has 3 heterocycles. The second kappa shape index (κ2) is 5.21. The SMILES string of the molecule is Cc1c[nH]c(=O)c2c(C(=O)N3CC4C(F)(F)C4(c4cccc(O)c4)C3)c[nH]c12. The minimum atomic E-state index is -2.94. The quantitative estimate of drug-likeness (QED) is 0.633. The number of nitrogens with zero attached hydrogens (tertiary/aromatic N) is 1. The predicted molar refractivity (Wildman–Crippen MR) is 97.8 cm³/mol. The topological polar surface area (TPSA) is 89.2 Å². The summed E-state index contributed by atoms with van der Waals surface area (Å²) in [5.41, 5.74) is -0.0515. The fraction of sp³-hybridized carbons (Fsp3) is 0.300. The number of benzene rings is 1. The van der Waals surface area contributed by atoms with Gasteiger partial charge in [-0.15, -0.1) is 0 Å². The number of nitrogens with one attached hydrogen (secondary N) is 2. The third-order valence-electron chi connectivity index (χ3n) is 6.19. The Morgan fingerprint density at radius 2 is 2.07 bits per heavy atom. The molecule has 0 radical (unpaired) electrons. The highest BCUT2D eigenvalue weighted by molar-refractivity contribution is 6.07. The molecule has 3 N–H and O–H groups in total. The number of rotatable bonds is 2. The van der Waals surface area contributed by atoms with Crippen molar-refractivity contribution in [2.24, 2.45) is 5.92 Å². The number of pyridine rings is 1. The summed E-state index contributed by atoms with van der Waals surface area (Å²) in [6.45, 7) is 1.53. The number of alkyl halides is 2. The first-order chi connectivity index (χ1) is 13.3. The summed E-state index contributed by atoms with van der Waals surface area (Å²) in [6.07, 6.45) is 3.01. The molecule has 0 bridgehead atoms. The molecule has 1 aliphatic heterocycles. The van der Waals surface area contributed by atoms with Gasteiger partial charge in [-0.25, -0.2) is 8.78 Å². The third-order valence-corrected chi connectivity index (χ3v) is 6.19. The fourth-order valence-electron chi connectivity index (χ4n) is 4.66. The molecule has 8 heteroatoms. The van der Waals surface area contributed by atoms with Crippen LogP contribution in [-0.4, -0.2) is 44.9 Å². The average molecular weight is 385 g/mol. The molecule has 2 fully saturated rings. The predicted octanol–water partition coefficient (Wildman–Crippen LogP) is 2.53. The number of phenolic OH excluding ortho intramolecular Hbond substituents is 1. The molecular formula is C20H17F2N3O3. The fourth-order valence-corrected chi connectivity index (χ4v) is 4.66. The lowest BCUT2D eigenvalue weighted by molar-refractivity contribution is 0.0394. The number of H-pyrrole nitrogens is 2. The van der Waals surface area contributed by atoms with Gasteiger partial charge in [0.1, 0.15) is 5.75 Å². The van der Waals surface area contributed by atoms with Crippen LogP contribution in [0.5, 0.6) is 5.75 Å². The van der Waals surface area contributed by atoms with Crippen molar-refractivity contribution in [3.05, 3.63) is 63.7 Å². The van der Waals surface area contributed by atoms with Gasteiger partial charge in [0, 0.05) is 25.5 Å². The van der Waals surface area contributed by atoms with Crippen molar-refractivity contribution in [1.29, 1.82) is 0 Å². The van der Waals surface area contributed by atoms with E-state index in [1.165, 1.54) is 29.3 Å². The largest absolute Gasteiger partial charge is 0.508 e. The molecule has 0 spiro atoms. The highest BCUT2D eigenvalue weighted by Crippen LogP contribution is 2.70. The zero-order valence-corrected chi connectivity index (χ0v) is 14.9. The number of aromatic amines is 2. The lowest BCUT2D eigenvalue weighted by Crippen LogP contribution is -2.37. The van der Waals surface area contributed by atoms with Crippen molar-refractivity contribution in [3.8, 4) is 5.75 Å². The maximum absolute atomic E-state index is 14.6. The normalized spacial score (nSPS) is 25.1. The van der Waals surface area contributed by atoms with Crippen LogP contribution in [0.2, 0.25) is 0 Å². The van der Waals surface area contributed by atoms with Gasteiger partial charge in [-0.1, -0.05) is 12.1 Å². The zero-order chi connectivity index (χ0) is 19.8. The van der Waals surface area contributed by atoms with E-state index in [0.717, 1.165) is 5.56 Å². The molecule has 1 aromatic carbocycles. The number of aryl methyl sites for hydroxylation is 1. The molecule has 144 valence electrons. The van der Waals surface area contributed by atoms with Crippen molar-refractivity contribution < 1.29 is 18.7 Å². The van der Waals surface area contributed by atoms with Gasteiger partial charge in [0.25, 0.3) is 17.4 Å². The van der Waals surface area contributed by atoms with Gasteiger partial charge in [-0.3, -0.25) is 9.59 Å². The van der Waals surface area contributed by atoms with E-state index in [1.807, 2.05) is 0 Å². The number of amides is 1. The van der Waals surface area contributed by atoms with Crippen LogP contribution in [0.3, 0.4) is 0 Å². The molecule has 2 unspecified atom stereocenters. The minimum Gasteiger partial charge on any atom is -0.508 e. The minimum absolute atomic E-state index is 0.0864. The summed E-state index contributed by atoms with van der Waals surface area (Å²) in [5.74, 6) is -4.48. The summed E-state index contributed by atoms with van der Waals surface area (Å²) < 4.78 is 29.2. The van der Waals surface area contributed by atoms with Crippen LogP contribution in [0.15, 0.2) is 41.5 Å². The van der Waals surface area contributed by atoms with Crippen LogP contribution in [0.25, 0.3) is 10.9 Å². The van der Waals surface area contributed by atoms with Crippen LogP contribution < -0.4 is 5.56 Å². The number of carbonyl (C=O) groups excluding carboxylic acids is 1. The van der Waals surface area contributed by atoms with Gasteiger partial charge in [0.05, 0.1) is 27.8 Å².